The van der Waals surface area contributed by atoms with Crippen LogP contribution in [-0.4, -0.2) is 39.8 Å². The van der Waals surface area contributed by atoms with Crippen LogP contribution < -0.4 is 4.74 Å². The Morgan fingerprint density at radius 1 is 1.27 bits per heavy atom. The van der Waals surface area contributed by atoms with Crippen molar-refractivity contribution < 1.29 is 14.5 Å². The zero-order chi connectivity index (χ0) is 18.5. The molecule has 0 unspecified atom stereocenters. The maximum Gasteiger partial charge on any atom is 0.310 e. The number of ether oxygens (including phenoxy) is 1. The van der Waals surface area contributed by atoms with Crippen LogP contribution in [0, 0.1) is 17.0 Å². The lowest BCUT2D eigenvalue weighted by atomic mass is 10.2. The Kier molecular flexibility index (Phi) is 5.52. The van der Waals surface area contributed by atoms with E-state index in [2.05, 4.69) is 4.99 Å². The summed E-state index contributed by atoms with van der Waals surface area (Å²) in [5.41, 5.74) is 1.68. The van der Waals surface area contributed by atoms with Gasteiger partial charge in [0.1, 0.15) is 0 Å². The molecule has 2 aromatic carbocycles. The molecular weight excluding hydrogens is 354 g/mol. The maximum atomic E-state index is 12.5. The molecule has 1 amide bonds. The number of benzene rings is 2. The molecule has 0 aliphatic carbocycles. The van der Waals surface area contributed by atoms with Gasteiger partial charge in [-0.1, -0.05) is 42.1 Å². The first-order chi connectivity index (χ1) is 12.6. The molecule has 0 atom stereocenters. The van der Waals surface area contributed by atoms with Gasteiger partial charge in [-0.3, -0.25) is 19.8 Å². The number of amides is 1. The fourth-order valence-corrected chi connectivity index (χ4v) is 3.43. The van der Waals surface area contributed by atoms with Crippen LogP contribution in [-0.2, 0) is 4.79 Å². The van der Waals surface area contributed by atoms with Gasteiger partial charge in [0.2, 0.25) is 0 Å². The van der Waals surface area contributed by atoms with Gasteiger partial charge in [-0.05, 0) is 24.6 Å². The van der Waals surface area contributed by atoms with E-state index >= 15 is 0 Å². The van der Waals surface area contributed by atoms with Crippen LogP contribution in [0.15, 0.2) is 53.5 Å². The normalized spacial score (nSPS) is 15.3. The highest BCUT2D eigenvalue weighted by molar-refractivity contribution is 8.14. The minimum absolute atomic E-state index is 0.0788. The fourth-order valence-electron chi connectivity index (χ4n) is 2.47. The minimum atomic E-state index is -0.531. The summed E-state index contributed by atoms with van der Waals surface area (Å²) in [6.45, 7) is 2.22. The molecule has 3 rings (SSSR count). The number of amidine groups is 1. The van der Waals surface area contributed by atoms with Crippen LogP contribution in [0.1, 0.15) is 5.56 Å². The van der Waals surface area contributed by atoms with Gasteiger partial charge in [-0.15, -0.1) is 0 Å². The van der Waals surface area contributed by atoms with E-state index in [-0.39, 0.29) is 24.0 Å². The molecule has 0 aromatic heterocycles. The van der Waals surface area contributed by atoms with Gasteiger partial charge < -0.3 is 4.74 Å². The number of nitrogens with zero attached hydrogens (tertiary/aromatic N) is 3. The van der Waals surface area contributed by atoms with Crippen LogP contribution in [0.4, 0.5) is 11.4 Å². The Morgan fingerprint density at radius 3 is 2.77 bits per heavy atom. The maximum absolute atomic E-state index is 12.5. The standard InChI is InChI=1S/C18H17N3O4S/c1-13-6-2-3-7-14(13)19-18-20(10-11-26-18)17(22)12-25-16-9-5-4-8-15(16)21(23)24/h2-9H,10-12H2,1H3. The van der Waals surface area contributed by atoms with Crippen molar-refractivity contribution in [1.82, 2.24) is 4.90 Å². The number of carbonyl (C=O) groups is 1. The van der Waals surface area contributed by atoms with Crippen LogP contribution in [0.3, 0.4) is 0 Å². The van der Waals surface area contributed by atoms with Gasteiger partial charge in [0.05, 0.1) is 10.6 Å². The third kappa shape index (κ3) is 4.02. The number of hydrogen-bond donors (Lipinski definition) is 0. The van der Waals surface area contributed by atoms with E-state index in [1.165, 1.54) is 23.9 Å². The summed E-state index contributed by atoms with van der Waals surface area (Å²) >= 11 is 1.50. The molecule has 2 aromatic rings. The predicted octanol–water partition coefficient (Wildman–Crippen LogP) is 3.55. The molecule has 8 heteroatoms. The molecule has 7 nitrogen and oxygen atoms in total. The summed E-state index contributed by atoms with van der Waals surface area (Å²) in [4.78, 5) is 29.2. The number of aliphatic imine (C=N–C) groups is 1. The molecule has 134 valence electrons. The number of aryl methyl sites for hydroxylation is 1. The zero-order valence-electron chi connectivity index (χ0n) is 14.1. The van der Waals surface area contributed by atoms with E-state index < -0.39 is 4.92 Å². The van der Waals surface area contributed by atoms with E-state index in [9.17, 15) is 14.9 Å². The number of hydrogen-bond acceptors (Lipinski definition) is 6. The molecule has 26 heavy (non-hydrogen) atoms. The number of nitro groups is 1. The Labute approximate surface area is 154 Å². The van der Waals surface area contributed by atoms with Gasteiger partial charge in [0, 0.05) is 18.4 Å². The lowest BCUT2D eigenvalue weighted by Crippen LogP contribution is -2.35. The Morgan fingerprint density at radius 2 is 2.00 bits per heavy atom. The smallest absolute Gasteiger partial charge is 0.310 e. The third-order valence-electron chi connectivity index (χ3n) is 3.82. The number of para-hydroxylation sites is 3. The first kappa shape index (κ1) is 17.9. The van der Waals surface area contributed by atoms with E-state index in [1.807, 2.05) is 31.2 Å². The summed E-state index contributed by atoms with van der Waals surface area (Å²) in [6, 6.07) is 13.7. The van der Waals surface area contributed by atoms with Gasteiger partial charge >= 0.3 is 5.69 Å². The van der Waals surface area contributed by atoms with Crippen LogP contribution >= 0.6 is 11.8 Å². The SMILES string of the molecule is Cc1ccccc1N=C1SCCN1C(=O)COc1ccccc1[N+](=O)[O-]. The summed E-state index contributed by atoms with van der Waals surface area (Å²) in [5, 5.41) is 11.6. The highest BCUT2D eigenvalue weighted by atomic mass is 32.2. The van der Waals surface area contributed by atoms with Crippen molar-refractivity contribution in [3.63, 3.8) is 0 Å². The highest BCUT2D eigenvalue weighted by Gasteiger charge is 2.27. The van der Waals surface area contributed by atoms with E-state index in [4.69, 9.17) is 4.74 Å². The molecule has 0 bridgehead atoms. The molecule has 0 radical (unpaired) electrons. The van der Waals surface area contributed by atoms with Crippen LogP contribution in [0.2, 0.25) is 0 Å². The van der Waals surface area contributed by atoms with Crippen molar-refractivity contribution in [2.24, 2.45) is 4.99 Å². The first-order valence-corrected chi connectivity index (χ1v) is 8.98. The van der Waals surface area contributed by atoms with E-state index in [0.29, 0.717) is 11.7 Å². The number of thioether (sulfide) groups is 1. The number of rotatable bonds is 5. The van der Waals surface area contributed by atoms with Gasteiger partial charge in [-0.2, -0.15) is 0 Å². The molecule has 1 heterocycles. The minimum Gasteiger partial charge on any atom is -0.477 e. The van der Waals surface area contributed by atoms with Crippen molar-refractivity contribution in [3.05, 3.63) is 64.2 Å². The van der Waals surface area contributed by atoms with Crippen molar-refractivity contribution in [3.8, 4) is 5.75 Å². The summed E-state index contributed by atoms with van der Waals surface area (Å²) in [5.74, 6) is 0.553. The number of nitro benzene ring substituents is 1. The zero-order valence-corrected chi connectivity index (χ0v) is 14.9. The predicted molar refractivity (Wildman–Crippen MR) is 101 cm³/mol. The average Bonchev–Trinajstić information content (AvgIpc) is 3.10. The van der Waals surface area contributed by atoms with Crippen molar-refractivity contribution in [2.75, 3.05) is 18.9 Å². The first-order valence-electron chi connectivity index (χ1n) is 8.00. The quantitative estimate of drug-likeness (QED) is 0.593. The summed E-state index contributed by atoms with van der Waals surface area (Å²) in [6.07, 6.45) is 0. The highest BCUT2D eigenvalue weighted by Crippen LogP contribution is 2.27. The summed E-state index contributed by atoms with van der Waals surface area (Å²) in [7, 11) is 0. The fraction of sp³-hybridized carbons (Fsp3) is 0.222. The van der Waals surface area contributed by atoms with E-state index in [1.54, 1.807) is 17.0 Å². The lowest BCUT2D eigenvalue weighted by Gasteiger charge is -2.16. The van der Waals surface area contributed by atoms with Crippen molar-refractivity contribution >= 4 is 34.2 Å². The number of carbonyl (C=O) groups excluding carboxylic acids is 1. The van der Waals surface area contributed by atoms with Crippen LogP contribution in [0.5, 0.6) is 5.75 Å². The average molecular weight is 371 g/mol. The molecular formula is C18H17N3O4S. The van der Waals surface area contributed by atoms with Gasteiger partial charge in [0.15, 0.2) is 17.5 Å². The molecule has 0 N–H and O–H groups in total. The molecule has 1 aliphatic heterocycles. The molecule has 0 saturated carbocycles. The van der Waals surface area contributed by atoms with E-state index in [0.717, 1.165) is 17.0 Å². The van der Waals surface area contributed by atoms with Crippen molar-refractivity contribution in [1.29, 1.82) is 0 Å². The largest absolute Gasteiger partial charge is 0.477 e. The molecule has 1 fully saturated rings. The molecule has 1 saturated heterocycles. The summed E-state index contributed by atoms with van der Waals surface area (Å²) < 4.78 is 5.40. The Hall–Kier alpha value is -2.87. The molecule has 0 spiro atoms. The lowest BCUT2D eigenvalue weighted by molar-refractivity contribution is -0.385. The van der Waals surface area contributed by atoms with Crippen LogP contribution in [0.25, 0.3) is 0 Å². The Bertz CT molecular complexity index is 869. The van der Waals surface area contributed by atoms with Gasteiger partial charge in [0.25, 0.3) is 5.91 Å². The second kappa shape index (κ2) is 8.01. The topological polar surface area (TPSA) is 85.0 Å². The second-order valence-electron chi connectivity index (χ2n) is 5.59. The Balaban J connectivity index is 1.72. The monoisotopic (exact) mass is 371 g/mol. The second-order valence-corrected chi connectivity index (χ2v) is 6.65. The van der Waals surface area contributed by atoms with Crippen molar-refractivity contribution in [2.45, 2.75) is 6.92 Å². The molecule has 1 aliphatic rings. The third-order valence-corrected chi connectivity index (χ3v) is 4.78. The van der Waals surface area contributed by atoms with Gasteiger partial charge in [-0.25, -0.2) is 4.99 Å².